The average Bonchev–Trinajstić information content (AvgIpc) is 3.04. The molecular weight excluding hydrogens is 403 g/mol. The Bertz CT molecular complexity index is 949. The number of hydrogen-bond acceptors (Lipinski definition) is 4. The molecule has 8 heteroatoms. The summed E-state index contributed by atoms with van der Waals surface area (Å²) in [6.07, 6.45) is -5.64. The number of hydrogen-bond donors (Lipinski definition) is 0. The molecule has 0 saturated carbocycles. The lowest BCUT2D eigenvalue weighted by atomic mass is 9.93. The van der Waals surface area contributed by atoms with Gasteiger partial charge in [0.1, 0.15) is 5.01 Å². The highest BCUT2D eigenvalue weighted by Crippen LogP contribution is 2.49. The van der Waals surface area contributed by atoms with Gasteiger partial charge < -0.3 is 4.43 Å². The van der Waals surface area contributed by atoms with Gasteiger partial charge in [-0.1, -0.05) is 42.5 Å². The molecule has 0 bridgehead atoms. The number of halogens is 3. The molecule has 28 heavy (non-hydrogen) atoms. The number of benzene rings is 2. The van der Waals surface area contributed by atoms with Gasteiger partial charge in [-0.05, 0) is 31.8 Å². The molecule has 3 aromatic rings. The summed E-state index contributed by atoms with van der Waals surface area (Å²) in [4.78, 5) is 17.0. The number of carbonyl (C=O) groups excluding carboxylic acids is 1. The molecule has 0 aliphatic rings. The van der Waals surface area contributed by atoms with E-state index in [1.165, 1.54) is 12.1 Å². The molecule has 0 radical (unpaired) electrons. The Morgan fingerprint density at radius 1 is 1.04 bits per heavy atom. The molecule has 0 spiro atoms. The van der Waals surface area contributed by atoms with Crippen LogP contribution in [-0.4, -0.2) is 25.3 Å². The van der Waals surface area contributed by atoms with Gasteiger partial charge in [0.25, 0.3) is 0 Å². The SMILES string of the molecule is C[Si](C)(C)O[C@@](CC(=O)c1ccccc1)(c1nc2ccccc2s1)C(F)(F)F. The topological polar surface area (TPSA) is 39.2 Å². The second-order valence-electron chi connectivity index (χ2n) is 7.49. The summed E-state index contributed by atoms with van der Waals surface area (Å²) < 4.78 is 49.9. The predicted octanol–water partition coefficient (Wildman–Crippen LogP) is 6.18. The van der Waals surface area contributed by atoms with Crippen molar-refractivity contribution < 1.29 is 22.4 Å². The van der Waals surface area contributed by atoms with Crippen molar-refractivity contribution in [1.29, 1.82) is 0 Å². The van der Waals surface area contributed by atoms with Crippen molar-refractivity contribution >= 4 is 35.7 Å². The molecule has 0 amide bonds. The average molecular weight is 424 g/mol. The number of thiazole rings is 1. The van der Waals surface area contributed by atoms with E-state index >= 15 is 0 Å². The minimum absolute atomic E-state index is 0.219. The fraction of sp³-hybridized carbons (Fsp3) is 0.300. The monoisotopic (exact) mass is 423 g/mol. The number of ketones is 1. The third-order valence-corrected chi connectivity index (χ3v) is 6.22. The van der Waals surface area contributed by atoms with Crippen molar-refractivity contribution in [3.05, 3.63) is 65.2 Å². The molecule has 0 fully saturated rings. The first-order valence-corrected chi connectivity index (χ1v) is 13.0. The molecule has 1 atom stereocenters. The first-order chi connectivity index (χ1) is 13.0. The van der Waals surface area contributed by atoms with Crippen molar-refractivity contribution in [3.63, 3.8) is 0 Å². The fourth-order valence-corrected chi connectivity index (χ4v) is 5.47. The number of fused-ring (bicyclic) bond motifs is 1. The van der Waals surface area contributed by atoms with Gasteiger partial charge >= 0.3 is 6.18 Å². The van der Waals surface area contributed by atoms with Crippen LogP contribution < -0.4 is 0 Å². The Balaban J connectivity index is 2.17. The highest BCUT2D eigenvalue weighted by Gasteiger charge is 2.61. The smallest absolute Gasteiger partial charge is 0.398 e. The Labute approximate surface area is 166 Å². The number of para-hydroxylation sites is 1. The van der Waals surface area contributed by atoms with Gasteiger partial charge in [0.2, 0.25) is 5.60 Å². The fourth-order valence-electron chi connectivity index (χ4n) is 2.95. The molecule has 3 rings (SSSR count). The van der Waals surface area contributed by atoms with Gasteiger partial charge in [-0.15, -0.1) is 11.3 Å². The van der Waals surface area contributed by atoms with Crippen LogP contribution in [0.25, 0.3) is 10.2 Å². The minimum atomic E-state index is -4.80. The van der Waals surface area contributed by atoms with Crippen LogP contribution in [0, 0.1) is 0 Å². The summed E-state index contributed by atoms with van der Waals surface area (Å²) >= 11 is 0.923. The summed E-state index contributed by atoms with van der Waals surface area (Å²) in [5, 5.41) is -0.229. The summed E-state index contributed by atoms with van der Waals surface area (Å²) in [5.41, 5.74) is -2.09. The first kappa shape index (κ1) is 20.7. The van der Waals surface area contributed by atoms with Crippen LogP contribution in [0.2, 0.25) is 19.6 Å². The second-order valence-corrected chi connectivity index (χ2v) is 13.0. The van der Waals surface area contributed by atoms with Crippen molar-refractivity contribution in [3.8, 4) is 0 Å². The Kier molecular flexibility index (Phi) is 5.48. The zero-order chi connectivity index (χ0) is 20.6. The van der Waals surface area contributed by atoms with Gasteiger partial charge in [-0.2, -0.15) is 13.2 Å². The summed E-state index contributed by atoms with van der Waals surface area (Å²) in [7, 11) is -2.71. The number of rotatable bonds is 6. The maximum absolute atomic E-state index is 14.5. The molecule has 1 aromatic heterocycles. The van der Waals surface area contributed by atoms with Crippen LogP contribution in [0.5, 0.6) is 0 Å². The third kappa shape index (κ3) is 4.18. The number of aromatic nitrogens is 1. The molecule has 1 heterocycles. The van der Waals surface area contributed by atoms with E-state index in [0.717, 1.165) is 11.3 Å². The van der Waals surface area contributed by atoms with Crippen molar-refractivity contribution in [2.45, 2.75) is 37.8 Å². The normalized spacial score (nSPS) is 14.8. The molecule has 0 saturated heterocycles. The molecule has 0 N–H and O–H groups in total. The minimum Gasteiger partial charge on any atom is -0.398 e. The quantitative estimate of drug-likeness (QED) is 0.351. The number of carbonyl (C=O) groups is 1. The van der Waals surface area contributed by atoms with Crippen LogP contribution in [0.3, 0.4) is 0 Å². The van der Waals surface area contributed by atoms with E-state index in [-0.39, 0.29) is 10.6 Å². The van der Waals surface area contributed by atoms with Crippen LogP contribution in [-0.2, 0) is 10.0 Å². The van der Waals surface area contributed by atoms with Gasteiger partial charge in [0, 0.05) is 5.56 Å². The highest BCUT2D eigenvalue weighted by molar-refractivity contribution is 7.18. The van der Waals surface area contributed by atoms with Crippen LogP contribution in [0.1, 0.15) is 21.8 Å². The highest BCUT2D eigenvalue weighted by atomic mass is 32.1. The lowest BCUT2D eigenvalue weighted by molar-refractivity contribution is -0.256. The zero-order valence-electron chi connectivity index (χ0n) is 15.7. The summed E-state index contributed by atoms with van der Waals surface area (Å²) in [5.74, 6) is -0.629. The molecule has 3 nitrogen and oxygen atoms in total. The lowest BCUT2D eigenvalue weighted by Gasteiger charge is -2.38. The van der Waals surface area contributed by atoms with Crippen LogP contribution in [0.15, 0.2) is 54.6 Å². The van der Waals surface area contributed by atoms with E-state index in [2.05, 4.69) is 4.98 Å². The van der Waals surface area contributed by atoms with Crippen LogP contribution in [0.4, 0.5) is 13.2 Å². The van der Waals surface area contributed by atoms with E-state index in [4.69, 9.17) is 4.43 Å². The van der Waals surface area contributed by atoms with E-state index in [0.29, 0.717) is 10.2 Å². The van der Waals surface area contributed by atoms with Gasteiger partial charge in [-0.25, -0.2) is 4.98 Å². The zero-order valence-corrected chi connectivity index (χ0v) is 17.5. The van der Waals surface area contributed by atoms with E-state index < -0.39 is 32.3 Å². The van der Waals surface area contributed by atoms with Crippen molar-refractivity contribution in [1.82, 2.24) is 4.98 Å². The molecule has 0 unspecified atom stereocenters. The maximum atomic E-state index is 14.5. The Morgan fingerprint density at radius 2 is 1.64 bits per heavy atom. The van der Waals surface area contributed by atoms with Crippen molar-refractivity contribution in [2.24, 2.45) is 0 Å². The maximum Gasteiger partial charge on any atom is 0.423 e. The molecule has 0 aliphatic heterocycles. The van der Waals surface area contributed by atoms with Gasteiger partial charge in [0.05, 0.1) is 16.6 Å². The molecular formula is C20H20F3NO2SSi. The van der Waals surface area contributed by atoms with Gasteiger partial charge in [-0.3, -0.25) is 4.79 Å². The van der Waals surface area contributed by atoms with Crippen LogP contribution >= 0.6 is 11.3 Å². The first-order valence-electron chi connectivity index (χ1n) is 8.73. The molecule has 148 valence electrons. The number of alkyl halides is 3. The Hall–Kier alpha value is -2.03. The predicted molar refractivity (Wildman–Crippen MR) is 107 cm³/mol. The third-order valence-electron chi connectivity index (χ3n) is 4.08. The van der Waals surface area contributed by atoms with Crippen molar-refractivity contribution in [2.75, 3.05) is 0 Å². The van der Waals surface area contributed by atoms with E-state index in [1.54, 1.807) is 62.1 Å². The second kappa shape index (κ2) is 7.42. The number of nitrogens with zero attached hydrogens (tertiary/aromatic N) is 1. The standard InChI is InChI=1S/C20H20F3NO2SSi/c1-28(2,3)26-19(20(21,22)23,13-16(25)14-9-5-4-6-10-14)18-24-15-11-7-8-12-17(15)27-18/h4-12H,13H2,1-3H3/t19-/m0/s1. The lowest BCUT2D eigenvalue weighted by Crippen LogP contribution is -2.52. The van der Waals surface area contributed by atoms with E-state index in [9.17, 15) is 18.0 Å². The Morgan fingerprint density at radius 3 is 2.21 bits per heavy atom. The summed E-state index contributed by atoms with van der Waals surface area (Å²) in [6.45, 7) is 5.02. The number of Topliss-reactive ketones (excluding diaryl/α,β-unsaturated/α-hetero) is 1. The van der Waals surface area contributed by atoms with Gasteiger partial charge in [0.15, 0.2) is 14.1 Å². The molecule has 2 aromatic carbocycles. The summed E-state index contributed by atoms with van der Waals surface area (Å²) in [6, 6.07) is 14.8. The van der Waals surface area contributed by atoms with E-state index in [1.807, 2.05) is 0 Å². The molecule has 0 aliphatic carbocycles. The largest absolute Gasteiger partial charge is 0.423 e.